The third-order valence-corrected chi connectivity index (χ3v) is 4.59. The van der Waals surface area contributed by atoms with Crippen LogP contribution >= 0.6 is 11.3 Å². The summed E-state index contributed by atoms with van der Waals surface area (Å²) in [6.45, 7) is 4.97. The van der Waals surface area contributed by atoms with Gasteiger partial charge in [-0.15, -0.1) is 10.2 Å². The lowest BCUT2D eigenvalue weighted by molar-refractivity contribution is -0.111. The van der Waals surface area contributed by atoms with Crippen molar-refractivity contribution >= 4 is 28.5 Å². The minimum absolute atomic E-state index is 0.231. The van der Waals surface area contributed by atoms with Crippen molar-refractivity contribution < 1.29 is 14.3 Å². The van der Waals surface area contributed by atoms with Crippen LogP contribution in [0.5, 0.6) is 11.5 Å². The van der Waals surface area contributed by atoms with Crippen molar-refractivity contribution in [1.82, 2.24) is 10.2 Å². The Morgan fingerprint density at radius 1 is 1.24 bits per heavy atom. The lowest BCUT2D eigenvalue weighted by Crippen LogP contribution is -2.07. The predicted octanol–water partition coefficient (Wildman–Crippen LogP) is 3.86. The van der Waals surface area contributed by atoms with Crippen LogP contribution in [-0.4, -0.2) is 29.3 Å². The number of hydrogen-bond acceptors (Lipinski definition) is 6. The summed E-state index contributed by atoms with van der Waals surface area (Å²) in [5, 5.41) is 12.4. The Hall–Kier alpha value is -2.41. The molecule has 1 heterocycles. The summed E-state index contributed by atoms with van der Waals surface area (Å²) >= 11 is 1.45. The molecule has 1 aliphatic carbocycles. The van der Waals surface area contributed by atoms with Gasteiger partial charge in [-0.1, -0.05) is 17.4 Å². The molecule has 0 saturated heterocycles. The van der Waals surface area contributed by atoms with Gasteiger partial charge in [0, 0.05) is 12.0 Å². The maximum atomic E-state index is 12.0. The van der Waals surface area contributed by atoms with E-state index in [1.54, 1.807) is 6.08 Å². The van der Waals surface area contributed by atoms with Gasteiger partial charge in [0.05, 0.1) is 13.2 Å². The molecule has 0 spiro atoms. The van der Waals surface area contributed by atoms with Crippen molar-refractivity contribution in [3.05, 3.63) is 34.8 Å². The summed E-state index contributed by atoms with van der Waals surface area (Å²) in [6.07, 6.45) is 5.55. The largest absolute Gasteiger partial charge is 0.490 e. The van der Waals surface area contributed by atoms with E-state index in [-0.39, 0.29) is 5.91 Å². The maximum absolute atomic E-state index is 12.0. The molecule has 1 saturated carbocycles. The number of carbonyl (C=O) groups excluding carboxylic acids is 1. The second kappa shape index (κ2) is 8.11. The molecular weight excluding hydrogens is 338 g/mol. The fraction of sp³-hybridized carbons (Fsp3) is 0.389. The Kier molecular flexibility index (Phi) is 5.65. The Morgan fingerprint density at radius 2 is 2.00 bits per heavy atom. The number of aromatic nitrogens is 2. The van der Waals surface area contributed by atoms with E-state index >= 15 is 0 Å². The number of nitrogens with one attached hydrogen (secondary N) is 1. The molecule has 25 heavy (non-hydrogen) atoms. The third-order valence-electron chi connectivity index (χ3n) is 3.59. The van der Waals surface area contributed by atoms with E-state index in [2.05, 4.69) is 15.5 Å². The molecule has 6 nitrogen and oxygen atoms in total. The number of benzene rings is 1. The zero-order valence-electron chi connectivity index (χ0n) is 14.3. The standard InChI is InChI=1S/C18H21N3O3S/c1-3-23-14-9-5-12(11-15(14)24-4-2)6-10-16(22)19-18-21-20-17(25-18)13-7-8-13/h5-6,9-11,13H,3-4,7-8H2,1-2H3,(H,19,21,22). The highest BCUT2D eigenvalue weighted by atomic mass is 32.1. The minimum atomic E-state index is -0.231. The first-order chi connectivity index (χ1) is 12.2. The van der Waals surface area contributed by atoms with Crippen LogP contribution in [0.4, 0.5) is 5.13 Å². The fourth-order valence-electron chi connectivity index (χ4n) is 2.27. The van der Waals surface area contributed by atoms with Crippen LogP contribution in [0.3, 0.4) is 0 Å². The normalized spacial score (nSPS) is 13.8. The Morgan fingerprint density at radius 3 is 2.72 bits per heavy atom. The lowest BCUT2D eigenvalue weighted by atomic mass is 10.2. The predicted molar refractivity (Wildman–Crippen MR) is 98.3 cm³/mol. The number of hydrogen-bond donors (Lipinski definition) is 1. The van der Waals surface area contributed by atoms with Crippen LogP contribution < -0.4 is 14.8 Å². The molecule has 2 aromatic rings. The molecule has 0 aliphatic heterocycles. The van der Waals surface area contributed by atoms with Crippen molar-refractivity contribution in [3.8, 4) is 11.5 Å². The first-order valence-corrected chi connectivity index (χ1v) is 9.23. The number of ether oxygens (including phenoxy) is 2. The average molecular weight is 359 g/mol. The van der Waals surface area contributed by atoms with Gasteiger partial charge in [0.2, 0.25) is 11.0 Å². The fourth-order valence-corrected chi connectivity index (χ4v) is 3.19. The van der Waals surface area contributed by atoms with E-state index in [4.69, 9.17) is 9.47 Å². The molecule has 0 bridgehead atoms. The van der Waals surface area contributed by atoms with Crippen LogP contribution in [0, 0.1) is 0 Å². The van der Waals surface area contributed by atoms with E-state index < -0.39 is 0 Å². The minimum Gasteiger partial charge on any atom is -0.490 e. The molecule has 1 aliphatic rings. The highest BCUT2D eigenvalue weighted by molar-refractivity contribution is 7.15. The molecule has 132 valence electrons. The van der Waals surface area contributed by atoms with Crippen LogP contribution in [-0.2, 0) is 4.79 Å². The van der Waals surface area contributed by atoms with Crippen LogP contribution in [0.2, 0.25) is 0 Å². The van der Waals surface area contributed by atoms with Crippen molar-refractivity contribution in [2.24, 2.45) is 0 Å². The second-order valence-electron chi connectivity index (χ2n) is 5.61. The van der Waals surface area contributed by atoms with E-state index in [9.17, 15) is 4.79 Å². The van der Waals surface area contributed by atoms with Gasteiger partial charge >= 0.3 is 0 Å². The van der Waals surface area contributed by atoms with Gasteiger partial charge in [-0.3, -0.25) is 10.1 Å². The van der Waals surface area contributed by atoms with Gasteiger partial charge in [0.15, 0.2) is 11.5 Å². The summed E-state index contributed by atoms with van der Waals surface area (Å²) in [6, 6.07) is 5.58. The summed E-state index contributed by atoms with van der Waals surface area (Å²) in [7, 11) is 0. The highest BCUT2D eigenvalue weighted by Crippen LogP contribution is 2.42. The van der Waals surface area contributed by atoms with Gasteiger partial charge in [-0.25, -0.2) is 0 Å². The molecule has 7 heteroatoms. The summed E-state index contributed by atoms with van der Waals surface area (Å²) in [5.74, 6) is 1.68. The number of rotatable bonds is 8. The summed E-state index contributed by atoms with van der Waals surface area (Å²) in [5.41, 5.74) is 0.859. The number of amides is 1. The number of anilines is 1. The van der Waals surface area contributed by atoms with Crippen LogP contribution in [0.15, 0.2) is 24.3 Å². The Balaban J connectivity index is 1.63. The average Bonchev–Trinajstić information content (AvgIpc) is 3.35. The molecule has 0 atom stereocenters. The summed E-state index contributed by atoms with van der Waals surface area (Å²) in [4.78, 5) is 12.0. The Bertz CT molecular complexity index is 769. The highest BCUT2D eigenvalue weighted by Gasteiger charge is 2.27. The number of nitrogens with zero attached hydrogens (tertiary/aromatic N) is 2. The van der Waals surface area contributed by atoms with E-state index in [0.717, 1.165) is 10.6 Å². The zero-order chi connectivity index (χ0) is 17.6. The first-order valence-electron chi connectivity index (χ1n) is 8.41. The molecule has 1 amide bonds. The van der Waals surface area contributed by atoms with Crippen LogP contribution in [0.25, 0.3) is 6.08 Å². The molecular formula is C18H21N3O3S. The molecule has 1 aromatic heterocycles. The van der Waals surface area contributed by atoms with Gasteiger partial charge in [0.1, 0.15) is 5.01 Å². The second-order valence-corrected chi connectivity index (χ2v) is 6.62. The van der Waals surface area contributed by atoms with Gasteiger partial charge < -0.3 is 9.47 Å². The monoisotopic (exact) mass is 359 g/mol. The van der Waals surface area contributed by atoms with Crippen molar-refractivity contribution in [2.75, 3.05) is 18.5 Å². The SMILES string of the molecule is CCOc1ccc(C=CC(=O)Nc2nnc(C3CC3)s2)cc1OCC. The van der Waals surface area contributed by atoms with Crippen molar-refractivity contribution in [2.45, 2.75) is 32.6 Å². The molecule has 0 unspecified atom stereocenters. The van der Waals surface area contributed by atoms with Gasteiger partial charge in [-0.05, 0) is 50.5 Å². The maximum Gasteiger partial charge on any atom is 0.250 e. The van der Waals surface area contributed by atoms with E-state index in [0.29, 0.717) is 35.8 Å². The van der Waals surface area contributed by atoms with Crippen LogP contribution in [0.1, 0.15) is 43.2 Å². The molecule has 0 radical (unpaired) electrons. The molecule has 1 aromatic carbocycles. The van der Waals surface area contributed by atoms with E-state index in [1.807, 2.05) is 32.0 Å². The first kappa shape index (κ1) is 17.4. The van der Waals surface area contributed by atoms with Crippen molar-refractivity contribution in [3.63, 3.8) is 0 Å². The topological polar surface area (TPSA) is 73.3 Å². The number of carbonyl (C=O) groups is 1. The third kappa shape index (κ3) is 4.79. The van der Waals surface area contributed by atoms with E-state index in [1.165, 1.54) is 30.3 Å². The smallest absolute Gasteiger partial charge is 0.250 e. The molecule has 1 N–H and O–H groups in total. The zero-order valence-corrected chi connectivity index (χ0v) is 15.1. The van der Waals surface area contributed by atoms with Gasteiger partial charge in [-0.2, -0.15) is 0 Å². The lowest BCUT2D eigenvalue weighted by Gasteiger charge is -2.11. The van der Waals surface area contributed by atoms with Gasteiger partial charge in [0.25, 0.3) is 0 Å². The Labute approximate surface area is 150 Å². The molecule has 3 rings (SSSR count). The quantitative estimate of drug-likeness (QED) is 0.725. The summed E-state index contributed by atoms with van der Waals surface area (Å²) < 4.78 is 11.1. The van der Waals surface area contributed by atoms with Crippen molar-refractivity contribution in [1.29, 1.82) is 0 Å². The molecule has 1 fully saturated rings.